The molecule has 0 aliphatic rings. The van der Waals surface area contributed by atoms with E-state index in [1.165, 1.54) is 4.90 Å². The van der Waals surface area contributed by atoms with E-state index in [1.807, 2.05) is 64.1 Å². The summed E-state index contributed by atoms with van der Waals surface area (Å²) < 4.78 is 5.80. The predicted molar refractivity (Wildman–Crippen MR) is 121 cm³/mol. The highest BCUT2D eigenvalue weighted by molar-refractivity contribution is 6.31. The van der Waals surface area contributed by atoms with Crippen LogP contribution >= 0.6 is 11.6 Å². The lowest BCUT2D eigenvalue weighted by molar-refractivity contribution is -0.142. The number of benzene rings is 2. The Bertz CT molecular complexity index is 883. The van der Waals surface area contributed by atoms with Crippen molar-refractivity contribution < 1.29 is 14.3 Å². The molecule has 0 aromatic heterocycles. The minimum absolute atomic E-state index is 0.156. The summed E-state index contributed by atoms with van der Waals surface area (Å²) in [6.45, 7) is 10.3. The topological polar surface area (TPSA) is 58.6 Å². The zero-order valence-electron chi connectivity index (χ0n) is 18.4. The lowest BCUT2D eigenvalue weighted by Crippen LogP contribution is -2.49. The SMILES string of the molecule is Cc1cccc(OCC(=O)N(Cc2ccccc2Cl)C(C)C(=O)NCC(C)C)c1C. The summed E-state index contributed by atoms with van der Waals surface area (Å²) in [6, 6.07) is 12.4. The van der Waals surface area contributed by atoms with Crippen LogP contribution < -0.4 is 10.1 Å². The van der Waals surface area contributed by atoms with Crippen LogP contribution in [0.3, 0.4) is 0 Å². The first-order valence-electron chi connectivity index (χ1n) is 10.2. The number of hydrogen-bond acceptors (Lipinski definition) is 3. The van der Waals surface area contributed by atoms with Gasteiger partial charge >= 0.3 is 0 Å². The summed E-state index contributed by atoms with van der Waals surface area (Å²) in [5, 5.41) is 3.46. The van der Waals surface area contributed by atoms with Crippen LogP contribution in [-0.2, 0) is 16.1 Å². The van der Waals surface area contributed by atoms with Gasteiger partial charge in [0.15, 0.2) is 6.61 Å². The van der Waals surface area contributed by atoms with Gasteiger partial charge in [0.25, 0.3) is 5.91 Å². The Balaban J connectivity index is 2.18. The predicted octanol–water partition coefficient (Wildman–Crippen LogP) is 4.53. The number of aryl methyl sites for hydroxylation is 1. The smallest absolute Gasteiger partial charge is 0.261 e. The first-order chi connectivity index (χ1) is 14.2. The van der Waals surface area contributed by atoms with Gasteiger partial charge in [0.05, 0.1) is 0 Å². The highest BCUT2D eigenvalue weighted by Gasteiger charge is 2.27. The number of nitrogens with one attached hydrogen (secondary N) is 1. The van der Waals surface area contributed by atoms with Gasteiger partial charge in [0.1, 0.15) is 11.8 Å². The number of carbonyl (C=O) groups is 2. The largest absolute Gasteiger partial charge is 0.483 e. The van der Waals surface area contributed by atoms with Gasteiger partial charge < -0.3 is 15.0 Å². The fourth-order valence-electron chi connectivity index (χ4n) is 2.95. The number of amides is 2. The Kier molecular flexibility index (Phi) is 8.72. The van der Waals surface area contributed by atoms with E-state index in [-0.39, 0.29) is 25.0 Å². The zero-order valence-corrected chi connectivity index (χ0v) is 19.1. The second-order valence-corrected chi connectivity index (χ2v) is 8.32. The Morgan fingerprint density at radius 2 is 1.77 bits per heavy atom. The average molecular weight is 431 g/mol. The molecule has 0 spiro atoms. The van der Waals surface area contributed by atoms with E-state index in [0.29, 0.717) is 23.2 Å². The van der Waals surface area contributed by atoms with Crippen molar-refractivity contribution in [2.75, 3.05) is 13.2 Å². The van der Waals surface area contributed by atoms with E-state index >= 15 is 0 Å². The van der Waals surface area contributed by atoms with Crippen LogP contribution in [-0.4, -0.2) is 35.9 Å². The van der Waals surface area contributed by atoms with E-state index in [0.717, 1.165) is 16.7 Å². The van der Waals surface area contributed by atoms with E-state index in [2.05, 4.69) is 5.32 Å². The van der Waals surface area contributed by atoms with Crippen LogP contribution in [0.5, 0.6) is 5.75 Å². The molecule has 2 rings (SSSR count). The normalized spacial score (nSPS) is 11.8. The first-order valence-corrected chi connectivity index (χ1v) is 10.6. The minimum Gasteiger partial charge on any atom is -0.483 e. The van der Waals surface area contributed by atoms with Crippen LogP contribution in [0.2, 0.25) is 5.02 Å². The molecule has 0 bridgehead atoms. The van der Waals surface area contributed by atoms with Crippen molar-refractivity contribution in [3.8, 4) is 5.75 Å². The standard InChI is InChI=1S/C24H31ClN2O3/c1-16(2)13-26-24(29)19(5)27(14-20-10-6-7-11-21(20)25)23(28)15-30-22-12-8-9-17(3)18(22)4/h6-12,16,19H,13-15H2,1-5H3,(H,26,29). The molecule has 30 heavy (non-hydrogen) atoms. The third kappa shape index (κ3) is 6.49. The van der Waals surface area contributed by atoms with Gasteiger partial charge in [0, 0.05) is 18.1 Å². The van der Waals surface area contributed by atoms with Gasteiger partial charge in [-0.25, -0.2) is 0 Å². The Morgan fingerprint density at radius 1 is 1.07 bits per heavy atom. The second kappa shape index (κ2) is 11.0. The number of ether oxygens (including phenoxy) is 1. The summed E-state index contributed by atoms with van der Waals surface area (Å²) in [5.74, 6) is 0.512. The molecule has 1 unspecified atom stereocenters. The highest BCUT2D eigenvalue weighted by atomic mass is 35.5. The molecule has 5 nitrogen and oxygen atoms in total. The fourth-order valence-corrected chi connectivity index (χ4v) is 3.14. The maximum atomic E-state index is 13.1. The molecular formula is C24H31ClN2O3. The summed E-state index contributed by atoms with van der Waals surface area (Å²) in [5.41, 5.74) is 2.86. The molecule has 2 aromatic rings. The third-order valence-corrected chi connectivity index (χ3v) is 5.43. The molecule has 162 valence electrons. The Morgan fingerprint density at radius 3 is 2.43 bits per heavy atom. The van der Waals surface area contributed by atoms with Crippen LogP contribution in [0, 0.1) is 19.8 Å². The number of rotatable bonds is 9. The molecule has 2 aromatic carbocycles. The van der Waals surface area contributed by atoms with Crippen molar-refractivity contribution in [2.45, 2.75) is 47.2 Å². The van der Waals surface area contributed by atoms with Crippen LogP contribution in [0.25, 0.3) is 0 Å². The van der Waals surface area contributed by atoms with Crippen molar-refractivity contribution in [3.05, 3.63) is 64.2 Å². The molecular weight excluding hydrogens is 400 g/mol. The van der Waals surface area contributed by atoms with Crippen LogP contribution in [0.4, 0.5) is 0 Å². The summed E-state index contributed by atoms with van der Waals surface area (Å²) in [4.78, 5) is 27.3. The van der Waals surface area contributed by atoms with E-state index in [4.69, 9.17) is 16.3 Å². The van der Waals surface area contributed by atoms with Gasteiger partial charge in [0.2, 0.25) is 5.91 Å². The molecule has 0 saturated heterocycles. The average Bonchev–Trinajstić information content (AvgIpc) is 2.71. The number of carbonyl (C=O) groups excluding carboxylic acids is 2. The van der Waals surface area contributed by atoms with Gasteiger partial charge in [-0.05, 0) is 55.5 Å². The monoisotopic (exact) mass is 430 g/mol. The number of halogens is 1. The third-order valence-electron chi connectivity index (χ3n) is 5.06. The Hall–Kier alpha value is -2.53. The van der Waals surface area contributed by atoms with Crippen LogP contribution in [0.1, 0.15) is 37.5 Å². The van der Waals surface area contributed by atoms with Gasteiger partial charge in [-0.3, -0.25) is 9.59 Å². The van der Waals surface area contributed by atoms with Crippen molar-refractivity contribution in [3.63, 3.8) is 0 Å². The van der Waals surface area contributed by atoms with Gasteiger partial charge in [-0.15, -0.1) is 0 Å². The quantitative estimate of drug-likeness (QED) is 0.636. The first kappa shape index (κ1) is 23.7. The maximum absolute atomic E-state index is 13.1. The molecule has 0 aliphatic carbocycles. The van der Waals surface area contributed by atoms with Gasteiger partial charge in [-0.2, -0.15) is 0 Å². The van der Waals surface area contributed by atoms with E-state index in [9.17, 15) is 9.59 Å². The maximum Gasteiger partial charge on any atom is 0.261 e. The van der Waals surface area contributed by atoms with Crippen LogP contribution in [0.15, 0.2) is 42.5 Å². The summed E-state index contributed by atoms with van der Waals surface area (Å²) in [7, 11) is 0. The van der Waals surface area contributed by atoms with Crippen molar-refractivity contribution in [1.29, 1.82) is 0 Å². The van der Waals surface area contributed by atoms with Crippen molar-refractivity contribution in [1.82, 2.24) is 10.2 Å². The van der Waals surface area contributed by atoms with E-state index in [1.54, 1.807) is 13.0 Å². The highest BCUT2D eigenvalue weighted by Crippen LogP contribution is 2.22. The molecule has 6 heteroatoms. The summed E-state index contributed by atoms with van der Waals surface area (Å²) in [6.07, 6.45) is 0. The number of nitrogens with zero attached hydrogens (tertiary/aromatic N) is 1. The van der Waals surface area contributed by atoms with Gasteiger partial charge in [-0.1, -0.05) is 55.8 Å². The van der Waals surface area contributed by atoms with E-state index < -0.39 is 6.04 Å². The zero-order chi connectivity index (χ0) is 22.3. The summed E-state index contributed by atoms with van der Waals surface area (Å²) >= 11 is 6.30. The molecule has 0 radical (unpaired) electrons. The molecule has 0 saturated carbocycles. The molecule has 1 N–H and O–H groups in total. The molecule has 2 amide bonds. The number of hydrogen-bond donors (Lipinski definition) is 1. The second-order valence-electron chi connectivity index (χ2n) is 7.91. The fraction of sp³-hybridized carbons (Fsp3) is 0.417. The molecule has 0 heterocycles. The minimum atomic E-state index is -0.658. The molecule has 0 fully saturated rings. The van der Waals surface area contributed by atoms with Crippen molar-refractivity contribution >= 4 is 23.4 Å². The Labute approximate surface area is 184 Å². The molecule has 0 aliphatic heterocycles. The molecule has 1 atom stereocenters. The van der Waals surface area contributed by atoms with Crippen molar-refractivity contribution in [2.24, 2.45) is 5.92 Å². The lowest BCUT2D eigenvalue weighted by atomic mass is 10.1. The lowest BCUT2D eigenvalue weighted by Gasteiger charge is -2.29.